The Morgan fingerprint density at radius 2 is 1.66 bits per heavy atom. The lowest BCUT2D eigenvalue weighted by Crippen LogP contribution is -2.52. The van der Waals surface area contributed by atoms with Gasteiger partial charge >= 0.3 is 0 Å². The van der Waals surface area contributed by atoms with Gasteiger partial charge in [-0.05, 0) is 76.1 Å². The summed E-state index contributed by atoms with van der Waals surface area (Å²) in [4.78, 5) is 18.5. The van der Waals surface area contributed by atoms with E-state index in [2.05, 4.69) is 49.3 Å². The molecule has 1 amide bonds. The molecule has 1 unspecified atom stereocenters. The van der Waals surface area contributed by atoms with Crippen LogP contribution < -0.4 is 5.32 Å². The van der Waals surface area contributed by atoms with Crippen LogP contribution in [0.3, 0.4) is 0 Å². The number of anilines is 1. The van der Waals surface area contributed by atoms with Crippen molar-refractivity contribution >= 4 is 32.2 Å². The van der Waals surface area contributed by atoms with Gasteiger partial charge in [0.2, 0.25) is 5.91 Å². The molecule has 202 valence electrons. The van der Waals surface area contributed by atoms with Crippen LogP contribution in [0.5, 0.6) is 0 Å². The maximum absolute atomic E-state index is 13.8. The zero-order valence-corrected chi connectivity index (χ0v) is 23.4. The fourth-order valence-corrected chi connectivity index (χ4v) is 8.00. The Balaban J connectivity index is 1.37. The third-order valence-electron chi connectivity index (χ3n) is 8.60. The highest BCUT2D eigenvalue weighted by molar-refractivity contribution is 7.91. The van der Waals surface area contributed by atoms with Crippen molar-refractivity contribution in [2.75, 3.05) is 24.7 Å². The van der Waals surface area contributed by atoms with Crippen molar-refractivity contribution < 1.29 is 13.2 Å². The molecule has 7 heteroatoms. The first-order chi connectivity index (χ1) is 18.2. The summed E-state index contributed by atoms with van der Waals surface area (Å²) in [7, 11) is -1.34. The molecular weight excluding hydrogens is 494 g/mol. The van der Waals surface area contributed by atoms with Crippen molar-refractivity contribution in [3.05, 3.63) is 72.8 Å². The summed E-state index contributed by atoms with van der Waals surface area (Å²) in [5.41, 5.74) is 0.966. The molecule has 1 aliphatic carbocycles. The second-order valence-corrected chi connectivity index (χ2v) is 13.2. The Morgan fingerprint density at radius 1 is 0.947 bits per heavy atom. The van der Waals surface area contributed by atoms with E-state index in [0.717, 1.165) is 35.7 Å². The second kappa shape index (κ2) is 11.1. The third-order valence-corrected chi connectivity index (χ3v) is 10.5. The average Bonchev–Trinajstić information content (AvgIpc) is 3.28. The van der Waals surface area contributed by atoms with E-state index in [4.69, 9.17) is 0 Å². The molecule has 2 fully saturated rings. The molecule has 1 heterocycles. The molecular formula is C31H39N3O3S. The third kappa shape index (κ3) is 5.45. The molecule has 1 saturated heterocycles. The van der Waals surface area contributed by atoms with Gasteiger partial charge in [0.1, 0.15) is 6.04 Å². The predicted molar refractivity (Wildman–Crippen MR) is 154 cm³/mol. The Hall–Kier alpha value is -2.90. The standard InChI is InChI=1S/C31H39N3O3S/c1-22(2)33(3)25-16-17-30(24(20-25)21-38(36,37)26-12-5-4-6-13-26)34-19-18-29(31(34)35)32-28-15-9-11-23-10-7-8-14-27(23)28/h4-15,22,24-25,29-30,32H,16-21H2,1-3H3/t24-,25+,29?,30-/m0/s1. The number of rotatable bonds is 8. The fraction of sp³-hybridized carbons (Fsp3) is 0.452. The van der Waals surface area contributed by atoms with Gasteiger partial charge in [-0.1, -0.05) is 54.6 Å². The van der Waals surface area contributed by atoms with Crippen LogP contribution in [0.1, 0.15) is 39.5 Å². The van der Waals surface area contributed by atoms with Crippen LogP contribution >= 0.6 is 0 Å². The summed E-state index contributed by atoms with van der Waals surface area (Å²) in [6.07, 6.45) is 3.28. The van der Waals surface area contributed by atoms with Crippen molar-refractivity contribution in [1.29, 1.82) is 0 Å². The highest BCUT2D eigenvalue weighted by atomic mass is 32.2. The molecule has 6 nitrogen and oxygen atoms in total. The van der Waals surface area contributed by atoms with Crippen LogP contribution in [0.25, 0.3) is 10.8 Å². The van der Waals surface area contributed by atoms with Crippen LogP contribution in [0.4, 0.5) is 5.69 Å². The van der Waals surface area contributed by atoms with Crippen LogP contribution in [-0.4, -0.2) is 67.6 Å². The monoisotopic (exact) mass is 533 g/mol. The van der Waals surface area contributed by atoms with Crippen molar-refractivity contribution in [2.24, 2.45) is 5.92 Å². The molecule has 1 aliphatic heterocycles. The molecule has 3 aromatic rings. The number of hydrogen-bond acceptors (Lipinski definition) is 5. The van der Waals surface area contributed by atoms with Gasteiger partial charge in [0.15, 0.2) is 9.84 Å². The first kappa shape index (κ1) is 26.7. The molecule has 0 aromatic heterocycles. The summed E-state index contributed by atoms with van der Waals surface area (Å²) in [6.45, 7) is 5.00. The van der Waals surface area contributed by atoms with Gasteiger partial charge in [-0.15, -0.1) is 0 Å². The van der Waals surface area contributed by atoms with Gasteiger partial charge in [-0.25, -0.2) is 8.42 Å². The highest BCUT2D eigenvalue weighted by Crippen LogP contribution is 2.36. The van der Waals surface area contributed by atoms with E-state index in [1.54, 1.807) is 24.3 Å². The quantitative estimate of drug-likeness (QED) is 0.431. The van der Waals surface area contributed by atoms with E-state index in [1.807, 2.05) is 35.2 Å². The predicted octanol–water partition coefficient (Wildman–Crippen LogP) is 5.20. The molecule has 1 saturated carbocycles. The van der Waals surface area contributed by atoms with Crippen molar-refractivity contribution in [1.82, 2.24) is 9.80 Å². The maximum atomic E-state index is 13.8. The molecule has 0 radical (unpaired) electrons. The van der Waals surface area contributed by atoms with E-state index in [1.165, 1.54) is 0 Å². The Bertz CT molecular complexity index is 1370. The summed E-state index contributed by atoms with van der Waals surface area (Å²) < 4.78 is 26.9. The number of nitrogens with zero attached hydrogens (tertiary/aromatic N) is 2. The van der Waals surface area contributed by atoms with E-state index in [0.29, 0.717) is 29.9 Å². The second-order valence-electron chi connectivity index (χ2n) is 11.2. The number of hydrogen-bond donors (Lipinski definition) is 1. The topological polar surface area (TPSA) is 69.7 Å². The van der Waals surface area contributed by atoms with E-state index < -0.39 is 9.84 Å². The van der Waals surface area contributed by atoms with E-state index in [9.17, 15) is 13.2 Å². The van der Waals surface area contributed by atoms with Crippen molar-refractivity contribution in [2.45, 2.75) is 68.6 Å². The highest BCUT2D eigenvalue weighted by Gasteiger charge is 2.44. The molecule has 5 rings (SSSR count). The zero-order chi connectivity index (χ0) is 26.9. The minimum absolute atomic E-state index is 0.0648. The van der Waals surface area contributed by atoms with Gasteiger partial charge in [0.25, 0.3) is 0 Å². The number of carbonyl (C=O) groups is 1. The molecule has 3 aromatic carbocycles. The number of sulfone groups is 1. The SMILES string of the molecule is CC(C)N(C)[C@@H]1CC[C@H](N2CCC(Nc3cccc4ccccc34)C2=O)[C@H](CS(=O)(=O)c2ccccc2)C1. The molecule has 2 aliphatic rings. The van der Waals surface area contributed by atoms with Gasteiger partial charge in [0.05, 0.1) is 10.6 Å². The number of nitrogens with one attached hydrogen (secondary N) is 1. The van der Waals surface area contributed by atoms with Crippen LogP contribution in [0, 0.1) is 5.92 Å². The largest absolute Gasteiger partial charge is 0.373 e. The van der Waals surface area contributed by atoms with Crippen LogP contribution in [0.2, 0.25) is 0 Å². The summed E-state index contributed by atoms with van der Waals surface area (Å²) in [5, 5.41) is 5.76. The van der Waals surface area contributed by atoms with Crippen molar-refractivity contribution in [3.63, 3.8) is 0 Å². The van der Waals surface area contributed by atoms with E-state index >= 15 is 0 Å². The number of amides is 1. The normalized spacial score (nSPS) is 24.4. The smallest absolute Gasteiger partial charge is 0.245 e. The number of benzene rings is 3. The number of fused-ring (bicyclic) bond motifs is 1. The van der Waals surface area contributed by atoms with Gasteiger partial charge < -0.3 is 15.1 Å². The number of carbonyl (C=O) groups excluding carboxylic acids is 1. The molecule has 0 bridgehead atoms. The molecule has 1 N–H and O–H groups in total. The van der Waals surface area contributed by atoms with Crippen LogP contribution in [-0.2, 0) is 14.6 Å². The lowest BCUT2D eigenvalue weighted by Gasteiger charge is -2.44. The maximum Gasteiger partial charge on any atom is 0.245 e. The minimum Gasteiger partial charge on any atom is -0.373 e. The Kier molecular flexibility index (Phi) is 7.78. The van der Waals surface area contributed by atoms with Gasteiger partial charge in [0, 0.05) is 35.7 Å². The molecule has 0 spiro atoms. The number of likely N-dealkylation sites (tertiary alicyclic amines) is 1. The average molecular weight is 534 g/mol. The van der Waals surface area contributed by atoms with Gasteiger partial charge in [-0.2, -0.15) is 0 Å². The summed E-state index contributed by atoms with van der Waals surface area (Å²) in [6, 6.07) is 23.4. The fourth-order valence-electron chi connectivity index (χ4n) is 6.31. The Labute approximate surface area is 226 Å². The lowest BCUT2D eigenvalue weighted by molar-refractivity contribution is -0.132. The van der Waals surface area contributed by atoms with Crippen LogP contribution in [0.15, 0.2) is 77.7 Å². The Morgan fingerprint density at radius 3 is 2.42 bits per heavy atom. The lowest BCUT2D eigenvalue weighted by atomic mass is 9.81. The summed E-state index contributed by atoms with van der Waals surface area (Å²) >= 11 is 0. The first-order valence-electron chi connectivity index (χ1n) is 13.8. The molecule has 38 heavy (non-hydrogen) atoms. The zero-order valence-electron chi connectivity index (χ0n) is 22.6. The van der Waals surface area contributed by atoms with Gasteiger partial charge in [-0.3, -0.25) is 4.79 Å². The van der Waals surface area contributed by atoms with Crippen molar-refractivity contribution in [3.8, 4) is 0 Å². The first-order valence-corrected chi connectivity index (χ1v) is 15.4. The molecule has 4 atom stereocenters. The summed E-state index contributed by atoms with van der Waals surface area (Å²) in [5.74, 6) is 0.0381. The van der Waals surface area contributed by atoms with E-state index in [-0.39, 0.29) is 29.7 Å². The minimum atomic E-state index is -3.47.